The highest BCUT2D eigenvalue weighted by Gasteiger charge is 2.65. The van der Waals surface area contributed by atoms with E-state index in [9.17, 15) is 45.3 Å². The Hall–Kier alpha value is -3.56. The Morgan fingerprint density at radius 3 is 2.60 bits per heavy atom. The zero-order valence-electron chi connectivity index (χ0n) is 29.9. The minimum Gasteiger partial charge on any atom is -0.507 e. The van der Waals surface area contributed by atoms with Gasteiger partial charge in [-0.3, -0.25) is 4.79 Å². The Labute approximate surface area is 306 Å². The highest BCUT2D eigenvalue weighted by Crippen LogP contribution is 2.67. The largest absolute Gasteiger partial charge is 0.507 e. The second-order valence-corrected chi connectivity index (χ2v) is 16.0. The molecule has 13 nitrogen and oxygen atoms in total. The molecule has 0 unspecified atom stereocenters. The van der Waals surface area contributed by atoms with E-state index in [1.165, 1.54) is 25.0 Å². The van der Waals surface area contributed by atoms with E-state index < -0.39 is 60.1 Å². The molecule has 53 heavy (non-hydrogen) atoms. The van der Waals surface area contributed by atoms with Gasteiger partial charge in [-0.05, 0) is 105 Å². The summed E-state index contributed by atoms with van der Waals surface area (Å²) in [6, 6.07) is 2.22. The number of aromatic hydroxyl groups is 2. The van der Waals surface area contributed by atoms with E-state index in [4.69, 9.17) is 18.9 Å². The van der Waals surface area contributed by atoms with E-state index in [-0.39, 0.29) is 70.1 Å². The number of ketones is 1. The van der Waals surface area contributed by atoms with Crippen molar-refractivity contribution in [2.75, 3.05) is 33.0 Å². The third-order valence-electron chi connectivity index (χ3n) is 13.4. The maximum absolute atomic E-state index is 12.5. The van der Waals surface area contributed by atoms with Crippen molar-refractivity contribution < 1.29 is 64.3 Å². The third kappa shape index (κ3) is 5.30. The molecular weight excluding hydrogens is 688 g/mol. The molecule has 0 aromatic heterocycles. The average molecular weight is 737 g/mol. The van der Waals surface area contributed by atoms with Gasteiger partial charge in [-0.25, -0.2) is 4.79 Å². The van der Waals surface area contributed by atoms with E-state index in [0.717, 1.165) is 43.4 Å². The molecule has 3 aliphatic heterocycles. The number of benzene rings is 2. The fourth-order valence-electron chi connectivity index (χ4n) is 11.3. The number of aromatic carboxylic acids is 1. The number of phenols is 2. The van der Waals surface area contributed by atoms with E-state index in [1.54, 1.807) is 0 Å². The van der Waals surface area contributed by atoms with Crippen molar-refractivity contribution in [2.45, 2.75) is 89.0 Å². The van der Waals surface area contributed by atoms with Crippen LogP contribution in [0.3, 0.4) is 0 Å². The van der Waals surface area contributed by atoms with Gasteiger partial charge in [-0.2, -0.15) is 0 Å². The van der Waals surface area contributed by atoms with Crippen LogP contribution in [-0.4, -0.2) is 111 Å². The lowest BCUT2D eigenvalue weighted by molar-refractivity contribution is -0.326. The van der Waals surface area contributed by atoms with Gasteiger partial charge in [-0.15, -0.1) is 0 Å². The summed E-state index contributed by atoms with van der Waals surface area (Å²) in [7, 11) is 0. The van der Waals surface area contributed by atoms with Gasteiger partial charge in [0.1, 0.15) is 41.2 Å². The second kappa shape index (κ2) is 13.3. The smallest absolute Gasteiger partial charge is 0.335 e. The predicted octanol–water partition coefficient (Wildman–Crippen LogP) is 3.52. The minimum atomic E-state index is -1.77. The van der Waals surface area contributed by atoms with Gasteiger partial charge in [0.05, 0.1) is 36.3 Å². The Bertz CT molecular complexity index is 1910. The number of Topliss-reactive ketones (excluding diaryl/α,β-unsaturated/α-hetero) is 1. The van der Waals surface area contributed by atoms with Gasteiger partial charge in [0, 0.05) is 29.6 Å². The molecule has 8 rings (SSSR count). The van der Waals surface area contributed by atoms with Gasteiger partial charge >= 0.3 is 5.97 Å². The molecule has 2 aromatic rings. The normalized spacial score (nSPS) is 36.2. The topological polar surface area (TPSA) is 213 Å². The zero-order chi connectivity index (χ0) is 37.6. The van der Waals surface area contributed by atoms with Crippen LogP contribution in [0.25, 0.3) is 10.8 Å². The predicted molar refractivity (Wildman–Crippen MR) is 188 cm³/mol. The fraction of sp³-hybridized carbons (Fsp3) is 0.600. The molecule has 0 radical (unpaired) electrons. The van der Waals surface area contributed by atoms with E-state index in [1.807, 2.05) is 0 Å². The molecule has 4 fully saturated rings. The summed E-state index contributed by atoms with van der Waals surface area (Å²) in [5.41, 5.74) is 1.31. The standard InChI is InChI=1S/C40H48O13/c1-18-29(19(2)43)34(45)31-24(33(18)44)11-22(37(48)49)12-27(31)52-38-35(46)36(47)40(28(14-42)53-38)13-25-23-6-3-5-21-15-50-17-39(32(21)23,9-4-10-41)26-8-7-20(16-51-40)30(25)26/h8,11-12,21,23,25,28,32,35-36,38,41-42,44-47H,3-7,9-10,13-17H2,1-2H3,(H,48,49)/t21-,23-,25-,28-,32+,35-,36-,38+,39+,40+/m1/s1. The van der Waals surface area contributed by atoms with Crippen molar-refractivity contribution in [3.63, 3.8) is 0 Å². The Balaban J connectivity index is 1.17. The van der Waals surface area contributed by atoms with Crippen molar-refractivity contribution in [1.29, 1.82) is 0 Å². The Kier molecular flexibility index (Phi) is 9.16. The van der Waals surface area contributed by atoms with Crippen LogP contribution in [0, 0.1) is 36.0 Å². The first-order valence-corrected chi connectivity index (χ1v) is 18.7. The highest BCUT2D eigenvalue weighted by atomic mass is 16.7. The molecule has 2 aromatic carbocycles. The molecule has 7 N–H and O–H groups in total. The maximum Gasteiger partial charge on any atom is 0.335 e. The second-order valence-electron chi connectivity index (χ2n) is 16.0. The van der Waals surface area contributed by atoms with Gasteiger partial charge < -0.3 is 54.7 Å². The number of carboxylic acid groups (broad SMARTS) is 1. The summed E-state index contributed by atoms with van der Waals surface area (Å²) in [6.07, 6.45) is 1.46. The monoisotopic (exact) mass is 736 g/mol. The summed E-state index contributed by atoms with van der Waals surface area (Å²) in [4.78, 5) is 24.7. The number of aliphatic hydroxyl groups is 4. The first-order chi connectivity index (χ1) is 25.4. The molecule has 0 amide bonds. The summed E-state index contributed by atoms with van der Waals surface area (Å²) < 4.78 is 25.3. The number of carboxylic acids is 1. The number of hydrogen-bond acceptors (Lipinski definition) is 12. The number of carbonyl (C=O) groups is 2. The molecule has 2 saturated heterocycles. The summed E-state index contributed by atoms with van der Waals surface area (Å²) in [6.45, 7) is 3.53. The van der Waals surface area contributed by atoms with Gasteiger partial charge in [-0.1, -0.05) is 12.5 Å². The average Bonchev–Trinajstić information content (AvgIpc) is 3.50. The van der Waals surface area contributed by atoms with E-state index in [0.29, 0.717) is 37.9 Å². The molecule has 13 heteroatoms. The van der Waals surface area contributed by atoms with Crippen LogP contribution in [-0.2, 0) is 14.2 Å². The molecule has 3 heterocycles. The van der Waals surface area contributed by atoms with Crippen LogP contribution in [0.1, 0.15) is 78.1 Å². The molecular formula is C40H48O13. The number of rotatable bonds is 8. The summed E-state index contributed by atoms with van der Waals surface area (Å²) in [5, 5.41) is 76.7. The lowest BCUT2D eigenvalue weighted by atomic mass is 9.46. The van der Waals surface area contributed by atoms with Crippen LogP contribution in [0.2, 0.25) is 0 Å². The molecule has 2 saturated carbocycles. The zero-order valence-corrected chi connectivity index (χ0v) is 29.9. The van der Waals surface area contributed by atoms with E-state index >= 15 is 0 Å². The number of allylic oxidation sites excluding steroid dienone is 2. The van der Waals surface area contributed by atoms with Crippen LogP contribution < -0.4 is 4.74 Å². The molecule has 10 atom stereocenters. The highest BCUT2D eigenvalue weighted by molar-refractivity contribution is 6.11. The quantitative estimate of drug-likeness (QED) is 0.153. The van der Waals surface area contributed by atoms with Crippen molar-refractivity contribution in [3.05, 3.63) is 51.6 Å². The third-order valence-corrected chi connectivity index (χ3v) is 13.4. The van der Waals surface area contributed by atoms with Crippen LogP contribution in [0.5, 0.6) is 17.2 Å². The van der Waals surface area contributed by atoms with Crippen molar-refractivity contribution in [1.82, 2.24) is 0 Å². The number of fused-ring (bicyclic) bond motifs is 3. The lowest BCUT2D eigenvalue weighted by Gasteiger charge is -2.61. The lowest BCUT2D eigenvalue weighted by Crippen LogP contribution is -2.69. The first kappa shape index (κ1) is 36.4. The van der Waals surface area contributed by atoms with Gasteiger partial charge in [0.25, 0.3) is 0 Å². The van der Waals surface area contributed by atoms with Gasteiger partial charge in [0.2, 0.25) is 6.29 Å². The summed E-state index contributed by atoms with van der Waals surface area (Å²) >= 11 is 0. The maximum atomic E-state index is 12.5. The molecule has 6 aliphatic rings. The van der Waals surface area contributed by atoms with Crippen molar-refractivity contribution >= 4 is 22.5 Å². The van der Waals surface area contributed by atoms with Crippen LogP contribution in [0.15, 0.2) is 34.9 Å². The SMILES string of the molecule is CC(=O)c1c(C)c(O)c2cc(C(=O)O)cc(O[C@H]3O[C@H](CO)[C@@]4(C[C@H]5C6=C(CC=C6[C@]6(CCCO)COC[C@H]7CCC[C@H]5[C@H]76)CO4)[C@H](O)[C@H]3O)c2c1O. The summed E-state index contributed by atoms with van der Waals surface area (Å²) in [5.74, 6) is -2.45. The number of ether oxygens (including phenoxy) is 4. The Morgan fingerprint density at radius 2 is 1.89 bits per heavy atom. The molecule has 0 bridgehead atoms. The van der Waals surface area contributed by atoms with E-state index in [2.05, 4.69) is 6.08 Å². The first-order valence-electron chi connectivity index (χ1n) is 18.7. The number of carbonyl (C=O) groups excluding carboxylic acids is 1. The molecule has 3 aliphatic carbocycles. The molecule has 1 spiro atoms. The fourth-order valence-corrected chi connectivity index (χ4v) is 11.3. The van der Waals surface area contributed by atoms with Crippen LogP contribution in [0.4, 0.5) is 0 Å². The minimum absolute atomic E-state index is 0.0464. The Morgan fingerprint density at radius 1 is 1.09 bits per heavy atom. The number of hydrogen-bond donors (Lipinski definition) is 7. The van der Waals surface area contributed by atoms with Gasteiger partial charge in [0.15, 0.2) is 5.78 Å². The molecule has 286 valence electrons. The van der Waals surface area contributed by atoms with Crippen molar-refractivity contribution in [3.8, 4) is 17.2 Å². The van der Waals surface area contributed by atoms with Crippen LogP contribution >= 0.6 is 0 Å². The number of phenolic OH excluding ortho intramolecular Hbond substituents is 2. The van der Waals surface area contributed by atoms with Crippen molar-refractivity contribution in [2.24, 2.45) is 29.1 Å². The number of aliphatic hydroxyl groups excluding tert-OH is 4.